The number of hydrogen-bond acceptors (Lipinski definition) is 5. The van der Waals surface area contributed by atoms with Gasteiger partial charge in [-0.2, -0.15) is 0 Å². The minimum atomic E-state index is -1.40. The molecule has 2 atom stereocenters. The maximum Gasteiger partial charge on any atom is 0.335 e. The standard InChI is InChI=1S/C23H22N4O4/c24-19(28)14-8-10-16(11-9-14)27-21(30)23(20(29)25-22(27)31)13-15-5-1-2-6-17(15)26-12-4-3-7-18(23)26/h1-2,5-6,8-11,18H,3-4,7,12-13H2,(H2,24,28)(H,25,29,31)/t18-,23-/m0/s1. The van der Waals surface area contributed by atoms with Gasteiger partial charge in [0, 0.05) is 17.8 Å². The van der Waals surface area contributed by atoms with Crippen LogP contribution in [0.4, 0.5) is 16.2 Å². The van der Waals surface area contributed by atoms with Gasteiger partial charge < -0.3 is 10.6 Å². The van der Waals surface area contributed by atoms with Gasteiger partial charge in [-0.25, -0.2) is 9.69 Å². The number of benzene rings is 2. The predicted octanol–water partition coefficient (Wildman–Crippen LogP) is 1.97. The van der Waals surface area contributed by atoms with Crippen LogP contribution in [-0.2, 0) is 16.0 Å². The van der Waals surface area contributed by atoms with Gasteiger partial charge in [0.25, 0.3) is 5.91 Å². The highest BCUT2D eigenvalue weighted by atomic mass is 16.2. The number of carbonyl (C=O) groups excluding carboxylic acids is 4. The van der Waals surface area contributed by atoms with Crippen molar-refractivity contribution in [1.82, 2.24) is 5.32 Å². The quantitative estimate of drug-likeness (QED) is 0.724. The molecule has 2 fully saturated rings. The highest BCUT2D eigenvalue weighted by molar-refractivity contribution is 6.30. The van der Waals surface area contributed by atoms with E-state index in [1.807, 2.05) is 24.3 Å². The maximum absolute atomic E-state index is 13.9. The molecule has 3 aliphatic heterocycles. The Kier molecular flexibility index (Phi) is 4.32. The molecule has 5 amide bonds. The van der Waals surface area contributed by atoms with Crippen LogP contribution in [0, 0.1) is 5.41 Å². The van der Waals surface area contributed by atoms with Gasteiger partial charge in [-0.3, -0.25) is 19.7 Å². The first-order valence-electron chi connectivity index (χ1n) is 10.4. The van der Waals surface area contributed by atoms with Gasteiger partial charge in [-0.1, -0.05) is 18.2 Å². The summed E-state index contributed by atoms with van der Waals surface area (Å²) >= 11 is 0. The molecule has 0 radical (unpaired) electrons. The van der Waals surface area contributed by atoms with Crippen LogP contribution in [0.5, 0.6) is 0 Å². The van der Waals surface area contributed by atoms with E-state index in [9.17, 15) is 19.2 Å². The Balaban J connectivity index is 1.62. The first-order chi connectivity index (χ1) is 14.9. The van der Waals surface area contributed by atoms with Crippen molar-refractivity contribution in [2.75, 3.05) is 16.3 Å². The van der Waals surface area contributed by atoms with Gasteiger partial charge in [-0.05, 0) is 61.6 Å². The molecule has 2 aromatic carbocycles. The SMILES string of the molecule is NC(=O)c1ccc(N2C(=O)NC(=O)[C@@]3(Cc4ccccc4N4CCCC[C@H]43)C2=O)cc1. The first-order valence-corrected chi connectivity index (χ1v) is 10.4. The van der Waals surface area contributed by atoms with E-state index in [2.05, 4.69) is 10.2 Å². The van der Waals surface area contributed by atoms with E-state index >= 15 is 0 Å². The largest absolute Gasteiger partial charge is 0.367 e. The minimum Gasteiger partial charge on any atom is -0.367 e. The lowest BCUT2D eigenvalue weighted by Gasteiger charge is -2.53. The molecule has 0 unspecified atom stereocenters. The number of anilines is 2. The molecule has 0 saturated carbocycles. The third-order valence-electron chi connectivity index (χ3n) is 6.67. The van der Waals surface area contributed by atoms with Crippen LogP contribution >= 0.6 is 0 Å². The van der Waals surface area contributed by atoms with Gasteiger partial charge in [0.1, 0.15) is 0 Å². The maximum atomic E-state index is 13.9. The van der Waals surface area contributed by atoms with Crippen molar-refractivity contribution >= 4 is 35.1 Å². The fourth-order valence-electron chi connectivity index (χ4n) is 5.20. The molecule has 0 bridgehead atoms. The molecule has 5 rings (SSSR count). The Bertz CT molecular complexity index is 1110. The lowest BCUT2D eigenvalue weighted by atomic mass is 9.66. The lowest BCUT2D eigenvalue weighted by molar-refractivity contribution is -0.145. The summed E-state index contributed by atoms with van der Waals surface area (Å²) in [6, 6.07) is 12.6. The normalized spacial score (nSPS) is 25.2. The molecule has 3 aliphatic rings. The number of hydrogen-bond donors (Lipinski definition) is 2. The Morgan fingerprint density at radius 3 is 2.52 bits per heavy atom. The molecule has 8 nitrogen and oxygen atoms in total. The average molecular weight is 418 g/mol. The van der Waals surface area contributed by atoms with Gasteiger partial charge in [0.2, 0.25) is 11.8 Å². The predicted molar refractivity (Wildman–Crippen MR) is 114 cm³/mol. The number of rotatable bonds is 2. The number of nitrogens with zero attached hydrogens (tertiary/aromatic N) is 2. The number of primary amides is 1. The lowest BCUT2D eigenvalue weighted by Crippen LogP contribution is -2.72. The topological polar surface area (TPSA) is 113 Å². The summed E-state index contributed by atoms with van der Waals surface area (Å²) in [5.74, 6) is -1.67. The molecule has 2 aromatic rings. The van der Waals surface area contributed by atoms with Crippen molar-refractivity contribution in [1.29, 1.82) is 0 Å². The zero-order valence-corrected chi connectivity index (χ0v) is 16.8. The molecule has 158 valence electrons. The summed E-state index contributed by atoms with van der Waals surface area (Å²) in [7, 11) is 0. The third kappa shape index (κ3) is 2.74. The molecular formula is C23H22N4O4. The smallest absolute Gasteiger partial charge is 0.335 e. The molecule has 0 aliphatic carbocycles. The van der Waals surface area contributed by atoms with E-state index in [0.717, 1.165) is 35.5 Å². The number of nitrogens with two attached hydrogens (primary N) is 1. The van der Waals surface area contributed by atoms with E-state index in [4.69, 9.17) is 5.73 Å². The third-order valence-corrected chi connectivity index (χ3v) is 6.67. The van der Waals surface area contributed by atoms with Gasteiger partial charge in [0.05, 0.1) is 11.7 Å². The second-order valence-corrected chi connectivity index (χ2v) is 8.29. The molecular weight excluding hydrogens is 396 g/mol. The number of urea groups is 1. The van der Waals surface area contributed by atoms with Crippen LogP contribution in [0.3, 0.4) is 0 Å². The second kappa shape index (κ2) is 6.94. The molecule has 3 N–H and O–H groups in total. The molecule has 8 heteroatoms. The fraction of sp³-hybridized carbons (Fsp3) is 0.304. The number of amides is 5. The van der Waals surface area contributed by atoms with E-state index in [-0.39, 0.29) is 18.0 Å². The zero-order valence-electron chi connectivity index (χ0n) is 16.8. The van der Waals surface area contributed by atoms with E-state index in [0.29, 0.717) is 12.1 Å². The van der Waals surface area contributed by atoms with Crippen LogP contribution in [-0.4, -0.2) is 36.3 Å². The minimum absolute atomic E-state index is 0.234. The average Bonchev–Trinajstić information content (AvgIpc) is 2.78. The van der Waals surface area contributed by atoms with Gasteiger partial charge in [0.15, 0.2) is 5.41 Å². The summed E-state index contributed by atoms with van der Waals surface area (Å²) in [6.45, 7) is 0.755. The summed E-state index contributed by atoms with van der Waals surface area (Å²) in [5.41, 5.74) is 6.43. The zero-order chi connectivity index (χ0) is 21.8. The monoisotopic (exact) mass is 418 g/mol. The summed E-state index contributed by atoms with van der Waals surface area (Å²) < 4.78 is 0. The molecule has 0 aromatic heterocycles. The van der Waals surface area contributed by atoms with E-state index < -0.39 is 29.2 Å². The Morgan fingerprint density at radius 2 is 1.77 bits per heavy atom. The number of barbiturate groups is 1. The Labute approximate surface area is 179 Å². The van der Waals surface area contributed by atoms with Crippen LogP contribution in [0.1, 0.15) is 35.2 Å². The molecule has 31 heavy (non-hydrogen) atoms. The van der Waals surface area contributed by atoms with Gasteiger partial charge >= 0.3 is 6.03 Å². The molecule has 1 spiro atoms. The summed E-state index contributed by atoms with van der Waals surface area (Å²) in [6.07, 6.45) is 2.81. The first kappa shape index (κ1) is 19.3. The number of imide groups is 2. The van der Waals surface area contributed by atoms with Crippen LogP contribution in [0.2, 0.25) is 0 Å². The molecule has 3 heterocycles. The number of para-hydroxylation sites is 1. The van der Waals surface area contributed by atoms with Crippen molar-refractivity contribution in [2.45, 2.75) is 31.7 Å². The van der Waals surface area contributed by atoms with Crippen LogP contribution < -0.4 is 20.9 Å². The highest BCUT2D eigenvalue weighted by Crippen LogP contribution is 2.47. The summed E-state index contributed by atoms with van der Waals surface area (Å²) in [5, 5.41) is 2.43. The number of carbonyl (C=O) groups is 4. The number of piperidine rings is 1. The Hall–Kier alpha value is -3.68. The van der Waals surface area contributed by atoms with Crippen LogP contribution in [0.25, 0.3) is 0 Å². The van der Waals surface area contributed by atoms with Crippen molar-refractivity contribution in [3.05, 3.63) is 59.7 Å². The van der Waals surface area contributed by atoms with Crippen molar-refractivity contribution in [2.24, 2.45) is 11.1 Å². The van der Waals surface area contributed by atoms with E-state index in [1.165, 1.54) is 24.3 Å². The van der Waals surface area contributed by atoms with Crippen molar-refractivity contribution in [3.8, 4) is 0 Å². The Morgan fingerprint density at radius 1 is 1.03 bits per heavy atom. The molecule has 2 saturated heterocycles. The summed E-state index contributed by atoms with van der Waals surface area (Å²) in [4.78, 5) is 54.5. The number of nitrogens with one attached hydrogen (secondary N) is 1. The van der Waals surface area contributed by atoms with Gasteiger partial charge in [-0.15, -0.1) is 0 Å². The van der Waals surface area contributed by atoms with Crippen LogP contribution in [0.15, 0.2) is 48.5 Å². The fourth-order valence-corrected chi connectivity index (χ4v) is 5.20. The second-order valence-electron chi connectivity index (χ2n) is 8.29. The number of fused-ring (bicyclic) bond motifs is 4. The van der Waals surface area contributed by atoms with Crippen molar-refractivity contribution in [3.63, 3.8) is 0 Å². The van der Waals surface area contributed by atoms with E-state index in [1.54, 1.807) is 0 Å². The highest BCUT2D eigenvalue weighted by Gasteiger charge is 2.62. The van der Waals surface area contributed by atoms with Crippen molar-refractivity contribution < 1.29 is 19.2 Å².